The first-order chi connectivity index (χ1) is 15.1. The largest absolute Gasteiger partial charge is 0.509 e. The maximum Gasteiger partial charge on any atom is 0.197 e. The summed E-state index contributed by atoms with van der Waals surface area (Å²) in [5.41, 5.74) is 6.70. The average molecular weight is 618 g/mol. The van der Waals surface area contributed by atoms with Crippen LogP contribution < -0.4 is 0 Å². The summed E-state index contributed by atoms with van der Waals surface area (Å²) in [6.45, 7) is 9.07. The van der Waals surface area contributed by atoms with Crippen LogP contribution in [0.15, 0.2) is 60.2 Å². The summed E-state index contributed by atoms with van der Waals surface area (Å²) in [4.78, 5) is 19.6. The Labute approximate surface area is 206 Å². The van der Waals surface area contributed by atoms with Gasteiger partial charge in [-0.2, -0.15) is 0 Å². The van der Waals surface area contributed by atoms with Gasteiger partial charge >= 0.3 is 0 Å². The molecule has 0 fully saturated rings. The van der Waals surface area contributed by atoms with Crippen molar-refractivity contribution in [1.82, 2.24) is 9.97 Å². The molecule has 0 aliphatic heterocycles. The quantitative estimate of drug-likeness (QED) is 0.153. The molecule has 1 radical (unpaired) electrons. The Kier molecular flexibility index (Phi) is 6.73. The van der Waals surface area contributed by atoms with E-state index in [2.05, 4.69) is 63.2 Å². The molecule has 1 aliphatic rings. The summed E-state index contributed by atoms with van der Waals surface area (Å²) in [6, 6.07) is 18.6. The number of benzene rings is 2. The van der Waals surface area contributed by atoms with Gasteiger partial charge in [0, 0.05) is 44.6 Å². The molecule has 0 atom stereocenters. The van der Waals surface area contributed by atoms with Crippen LogP contribution in [0.4, 0.5) is 0 Å². The van der Waals surface area contributed by atoms with Crippen molar-refractivity contribution in [3.63, 3.8) is 0 Å². The third-order valence-electron chi connectivity index (χ3n) is 5.90. The monoisotopic (exact) mass is 618 g/mol. The van der Waals surface area contributed by atoms with Crippen molar-refractivity contribution < 1.29 is 35.1 Å². The van der Waals surface area contributed by atoms with Crippen LogP contribution >= 0.6 is 0 Å². The predicted octanol–water partition coefficient (Wildman–Crippen LogP) is 6.12. The molecule has 0 amide bonds. The van der Waals surface area contributed by atoms with Crippen molar-refractivity contribution in [2.45, 2.75) is 40.0 Å². The van der Waals surface area contributed by atoms with Gasteiger partial charge in [-0.3, -0.25) is 14.8 Å². The number of rotatable bonds is 1. The molecule has 0 spiro atoms. The minimum Gasteiger partial charge on any atom is -0.509 e. The van der Waals surface area contributed by atoms with Crippen molar-refractivity contribution in [3.05, 3.63) is 83.1 Å². The molecular formula is C27H25IrN2O3-. The van der Waals surface area contributed by atoms with Crippen LogP contribution in [0.3, 0.4) is 0 Å². The van der Waals surface area contributed by atoms with Crippen molar-refractivity contribution in [1.29, 1.82) is 0 Å². The Bertz CT molecular complexity index is 1420. The molecule has 6 heteroatoms. The Hall–Kier alpha value is -3.08. The molecule has 0 bridgehead atoms. The third kappa shape index (κ3) is 4.29. The smallest absolute Gasteiger partial charge is 0.197 e. The molecular weight excluding hydrogens is 593 g/mol. The number of carbonyl (C=O) groups excluding carboxylic acids is 1. The number of aliphatic hydroxyl groups excluding tert-OH is 2. The van der Waals surface area contributed by atoms with E-state index in [1.807, 2.05) is 12.3 Å². The summed E-state index contributed by atoms with van der Waals surface area (Å²) < 4.78 is 0. The number of pyridine rings is 2. The van der Waals surface area contributed by atoms with Gasteiger partial charge in [0.1, 0.15) is 5.76 Å². The maximum absolute atomic E-state index is 10.1. The van der Waals surface area contributed by atoms with Gasteiger partial charge in [0.05, 0.1) is 5.52 Å². The van der Waals surface area contributed by atoms with Gasteiger partial charge in [-0.05, 0) is 42.3 Å². The Morgan fingerprint density at radius 2 is 1.73 bits per heavy atom. The number of Topliss-reactive ketones (excluding diaryl/α,β-unsaturated/α-hetero) is 1. The Morgan fingerprint density at radius 3 is 2.36 bits per heavy atom. The minimum atomic E-state index is -0.565. The number of fused-ring (bicyclic) bond motifs is 3. The van der Waals surface area contributed by atoms with Crippen molar-refractivity contribution in [2.75, 3.05) is 0 Å². The van der Waals surface area contributed by atoms with E-state index in [0.717, 1.165) is 27.9 Å². The standard InChI is InChI=1S/C22H17N2.C5H8O3.Ir/c1-13-10-18-20-19(24-13)8-9-23-21(20)16-11-14-6-4-5-7-15(14)12-17(16)22(18,2)3;1-3(6)5(8)4(2)7;/h4-10,12H,1-3H3;6,8H,1-2H3;/q-1;;/b;5-3+;. The molecule has 0 saturated carbocycles. The maximum atomic E-state index is 10.1. The van der Waals surface area contributed by atoms with Crippen LogP contribution in [-0.2, 0) is 30.3 Å². The molecule has 5 rings (SSSR count). The number of ketones is 1. The van der Waals surface area contributed by atoms with E-state index in [1.165, 1.54) is 35.7 Å². The molecule has 1 aliphatic carbocycles. The summed E-state index contributed by atoms with van der Waals surface area (Å²) in [5.74, 6) is -1.42. The second kappa shape index (κ2) is 9.05. The summed E-state index contributed by atoms with van der Waals surface area (Å²) in [5, 5.41) is 20.4. The van der Waals surface area contributed by atoms with Gasteiger partial charge in [0.15, 0.2) is 11.5 Å². The third-order valence-corrected chi connectivity index (χ3v) is 5.90. The number of aliphatic hydroxyl groups is 2. The van der Waals surface area contributed by atoms with Crippen LogP contribution in [0.5, 0.6) is 0 Å². The summed E-state index contributed by atoms with van der Waals surface area (Å²) in [7, 11) is 0. The number of hydrogen-bond acceptors (Lipinski definition) is 5. The molecule has 0 unspecified atom stereocenters. The van der Waals surface area contributed by atoms with Crippen LogP contribution in [0.25, 0.3) is 32.9 Å². The van der Waals surface area contributed by atoms with E-state index < -0.39 is 11.5 Å². The first kappa shape index (κ1) is 24.6. The van der Waals surface area contributed by atoms with Crippen molar-refractivity contribution in [3.8, 4) is 11.3 Å². The Morgan fingerprint density at radius 1 is 1.03 bits per heavy atom. The van der Waals surface area contributed by atoms with Crippen molar-refractivity contribution >= 4 is 27.5 Å². The number of nitrogens with zero attached hydrogens (tertiary/aromatic N) is 2. The first-order valence-corrected chi connectivity index (χ1v) is 10.4. The number of carbonyl (C=O) groups is 1. The van der Waals surface area contributed by atoms with Gasteiger partial charge in [-0.1, -0.05) is 48.6 Å². The molecule has 2 heterocycles. The van der Waals surface area contributed by atoms with E-state index in [9.17, 15) is 4.79 Å². The van der Waals surface area contributed by atoms with Gasteiger partial charge < -0.3 is 10.2 Å². The fraction of sp³-hybridized carbons (Fsp3) is 0.222. The number of hydrogen-bond donors (Lipinski definition) is 2. The van der Waals surface area contributed by atoms with Crippen molar-refractivity contribution in [2.24, 2.45) is 0 Å². The summed E-state index contributed by atoms with van der Waals surface area (Å²) in [6.07, 6.45) is 1.86. The Balaban J connectivity index is 0.000000297. The second-order valence-electron chi connectivity index (χ2n) is 8.63. The fourth-order valence-corrected chi connectivity index (χ4v) is 4.24. The summed E-state index contributed by atoms with van der Waals surface area (Å²) >= 11 is 0. The average Bonchev–Trinajstić information content (AvgIpc) is 2.76. The predicted molar refractivity (Wildman–Crippen MR) is 127 cm³/mol. The molecule has 2 N–H and O–H groups in total. The molecule has 4 aromatic rings. The number of allylic oxidation sites excluding steroid dienone is 2. The zero-order chi connectivity index (χ0) is 23.2. The number of aryl methyl sites for hydroxylation is 1. The van der Waals surface area contributed by atoms with E-state index >= 15 is 0 Å². The molecule has 2 aromatic heterocycles. The van der Waals surface area contributed by atoms with Gasteiger partial charge in [-0.25, -0.2) is 0 Å². The van der Waals surface area contributed by atoms with E-state index in [0.29, 0.717) is 0 Å². The van der Waals surface area contributed by atoms with E-state index in [4.69, 9.17) is 20.2 Å². The number of aromatic nitrogens is 2. The van der Waals surface area contributed by atoms with Gasteiger partial charge in [-0.15, -0.1) is 23.6 Å². The van der Waals surface area contributed by atoms with E-state index in [-0.39, 0.29) is 31.3 Å². The SMILES string of the molecule is CC(=O)/C(O)=C(/C)O.Cc1cc2c3c(nccc3n1)-c1[c-]c3ccccc3cc1C2(C)C.[Ir]. The molecule has 171 valence electrons. The normalized spacial score (nSPS) is 13.8. The van der Waals surface area contributed by atoms with Crippen LogP contribution in [0.1, 0.15) is 44.5 Å². The molecule has 5 nitrogen and oxygen atoms in total. The fourth-order valence-electron chi connectivity index (χ4n) is 4.24. The first-order valence-electron chi connectivity index (χ1n) is 10.4. The van der Waals surface area contributed by atoms with Gasteiger partial charge in [0.2, 0.25) is 0 Å². The van der Waals surface area contributed by atoms with Gasteiger partial charge in [0.25, 0.3) is 0 Å². The van der Waals surface area contributed by atoms with Crippen LogP contribution in [-0.4, -0.2) is 26.0 Å². The zero-order valence-electron chi connectivity index (χ0n) is 19.1. The minimum absolute atomic E-state index is 0. The topological polar surface area (TPSA) is 83.3 Å². The van der Waals surface area contributed by atoms with E-state index in [1.54, 1.807) is 0 Å². The van der Waals surface area contributed by atoms with Crippen LogP contribution in [0, 0.1) is 13.0 Å². The molecule has 2 aromatic carbocycles. The zero-order valence-corrected chi connectivity index (χ0v) is 21.5. The second-order valence-corrected chi connectivity index (χ2v) is 8.63. The molecule has 0 saturated heterocycles. The van der Waals surface area contributed by atoms with Crippen LogP contribution in [0.2, 0.25) is 0 Å². The molecule has 33 heavy (non-hydrogen) atoms.